The van der Waals surface area contributed by atoms with Crippen molar-refractivity contribution < 1.29 is 0 Å². The normalized spacial score (nSPS) is 10.4. The van der Waals surface area contributed by atoms with E-state index < -0.39 is 0 Å². The molecule has 0 aromatic heterocycles. The van der Waals surface area contributed by atoms with Crippen LogP contribution in [-0.2, 0) is 19.4 Å². The lowest BCUT2D eigenvalue weighted by Gasteiger charge is -2.11. The molecule has 0 radical (unpaired) electrons. The van der Waals surface area contributed by atoms with E-state index in [4.69, 9.17) is 0 Å². The van der Waals surface area contributed by atoms with E-state index in [9.17, 15) is 0 Å². The first-order valence-corrected chi connectivity index (χ1v) is 5.55. The third-order valence-electron chi connectivity index (χ3n) is 2.38. The predicted molar refractivity (Wildman–Crippen MR) is 61.0 cm³/mol. The number of rotatable bonds is 4. The van der Waals surface area contributed by atoms with Crippen molar-refractivity contribution in [2.24, 2.45) is 0 Å². The number of benzene rings is 1. The number of halogens is 1. The molecule has 13 heavy (non-hydrogen) atoms. The van der Waals surface area contributed by atoms with Gasteiger partial charge in [-0.2, -0.15) is 0 Å². The van der Waals surface area contributed by atoms with E-state index in [2.05, 4.69) is 52.5 Å². The molecule has 72 valence electrons. The molecule has 0 bridgehead atoms. The van der Waals surface area contributed by atoms with Crippen molar-refractivity contribution in [2.75, 3.05) is 0 Å². The van der Waals surface area contributed by atoms with Crippen LogP contribution in [0, 0.1) is 0 Å². The molecule has 0 amide bonds. The lowest BCUT2D eigenvalue weighted by atomic mass is 9.98. The van der Waals surface area contributed by atoms with Crippen molar-refractivity contribution in [1.82, 2.24) is 4.34 Å². The summed E-state index contributed by atoms with van der Waals surface area (Å²) in [5.41, 5.74) is 4.35. The van der Waals surface area contributed by atoms with Crippen molar-refractivity contribution in [1.29, 1.82) is 0 Å². The van der Waals surface area contributed by atoms with Crippen molar-refractivity contribution in [3.05, 3.63) is 34.9 Å². The van der Waals surface area contributed by atoms with Gasteiger partial charge in [-0.1, -0.05) is 32.0 Å². The lowest BCUT2D eigenvalue weighted by molar-refractivity contribution is 0.918. The van der Waals surface area contributed by atoms with Gasteiger partial charge in [0, 0.05) is 22.7 Å². The quantitative estimate of drug-likeness (QED) is 0.799. The number of aryl methyl sites for hydroxylation is 2. The average Bonchev–Trinajstić information content (AvgIpc) is 2.18. The first-order chi connectivity index (χ1) is 6.33. The molecule has 1 aromatic carbocycles. The van der Waals surface area contributed by atoms with Gasteiger partial charge in [0.15, 0.2) is 0 Å². The Kier molecular flexibility index (Phi) is 4.46. The molecule has 1 N–H and O–H groups in total. The van der Waals surface area contributed by atoms with Crippen LogP contribution < -0.4 is 4.34 Å². The van der Waals surface area contributed by atoms with Gasteiger partial charge in [0.25, 0.3) is 0 Å². The molecule has 1 nitrogen and oxygen atoms in total. The van der Waals surface area contributed by atoms with Gasteiger partial charge in [0.05, 0.1) is 0 Å². The highest BCUT2D eigenvalue weighted by molar-refractivity contribution is 9.08. The van der Waals surface area contributed by atoms with Crippen molar-refractivity contribution in [2.45, 2.75) is 33.2 Å². The lowest BCUT2D eigenvalue weighted by Crippen LogP contribution is -2.05. The number of nitrogens with one attached hydrogen (secondary N) is 1. The monoisotopic (exact) mass is 241 g/mol. The first kappa shape index (κ1) is 10.7. The highest BCUT2D eigenvalue weighted by Gasteiger charge is 2.04. The Hall–Kier alpha value is -0.340. The van der Waals surface area contributed by atoms with Gasteiger partial charge in [0.2, 0.25) is 0 Å². The molecule has 0 heterocycles. The van der Waals surface area contributed by atoms with Crippen LogP contribution in [0.15, 0.2) is 18.2 Å². The Morgan fingerprint density at radius 1 is 1.15 bits per heavy atom. The third kappa shape index (κ3) is 2.55. The Bertz CT molecular complexity index is 249. The van der Waals surface area contributed by atoms with Gasteiger partial charge in [-0.25, -0.2) is 0 Å². The highest BCUT2D eigenvalue weighted by Crippen LogP contribution is 2.16. The predicted octanol–water partition coefficient (Wildman–Crippen LogP) is 3.21. The second-order valence-corrected chi connectivity index (χ2v) is 3.63. The van der Waals surface area contributed by atoms with Gasteiger partial charge in [-0.05, 0) is 29.5 Å². The molecule has 0 aliphatic carbocycles. The molecule has 1 rings (SSSR count). The van der Waals surface area contributed by atoms with Gasteiger partial charge in [-0.3, -0.25) is 4.34 Å². The smallest absolute Gasteiger partial charge is 0.0318 e. The summed E-state index contributed by atoms with van der Waals surface area (Å²) >= 11 is 3.26. The van der Waals surface area contributed by atoms with Crippen LogP contribution in [0.1, 0.15) is 30.5 Å². The first-order valence-electron chi connectivity index (χ1n) is 4.76. The molecule has 1 aromatic rings. The van der Waals surface area contributed by atoms with Gasteiger partial charge in [0.1, 0.15) is 0 Å². The summed E-state index contributed by atoms with van der Waals surface area (Å²) in [5, 5.41) is 0. The third-order valence-corrected chi connectivity index (χ3v) is 2.66. The maximum absolute atomic E-state index is 3.26. The van der Waals surface area contributed by atoms with E-state index in [-0.39, 0.29) is 0 Å². The molecule has 0 saturated heterocycles. The van der Waals surface area contributed by atoms with E-state index in [0.717, 1.165) is 19.4 Å². The Labute approximate surface area is 88.9 Å². The van der Waals surface area contributed by atoms with Crippen LogP contribution in [0.3, 0.4) is 0 Å². The molecule has 0 atom stereocenters. The minimum atomic E-state index is 0.910. The van der Waals surface area contributed by atoms with Crippen LogP contribution in [0.25, 0.3) is 0 Å². The van der Waals surface area contributed by atoms with Crippen molar-refractivity contribution in [3.8, 4) is 0 Å². The summed E-state index contributed by atoms with van der Waals surface area (Å²) in [6.07, 6.45) is 2.22. The van der Waals surface area contributed by atoms with E-state index in [1.54, 1.807) is 0 Å². The fourth-order valence-corrected chi connectivity index (χ4v) is 1.92. The second kappa shape index (κ2) is 5.40. The molecule has 0 aliphatic rings. The largest absolute Gasteiger partial charge is 0.251 e. The number of hydrogen-bond donors (Lipinski definition) is 1. The van der Waals surface area contributed by atoms with Gasteiger partial charge >= 0.3 is 0 Å². The molecule has 0 fully saturated rings. The summed E-state index contributed by atoms with van der Waals surface area (Å²) in [7, 11) is 0. The fourth-order valence-electron chi connectivity index (χ4n) is 1.64. The molecule has 0 spiro atoms. The molecular formula is C11H16BrN. The minimum absolute atomic E-state index is 0.910. The van der Waals surface area contributed by atoms with E-state index in [0.29, 0.717) is 0 Å². The SMILES string of the molecule is CCc1cccc(CC)c1CNBr. The van der Waals surface area contributed by atoms with Crippen LogP contribution in [0.5, 0.6) is 0 Å². The maximum atomic E-state index is 3.26. The summed E-state index contributed by atoms with van der Waals surface area (Å²) in [6.45, 7) is 5.31. The topological polar surface area (TPSA) is 12.0 Å². The van der Waals surface area contributed by atoms with E-state index >= 15 is 0 Å². The molecule has 2 heteroatoms. The molecule has 0 aliphatic heterocycles. The van der Waals surface area contributed by atoms with E-state index in [1.807, 2.05) is 0 Å². The van der Waals surface area contributed by atoms with Gasteiger partial charge < -0.3 is 0 Å². The van der Waals surface area contributed by atoms with Crippen molar-refractivity contribution >= 4 is 16.1 Å². The van der Waals surface area contributed by atoms with Crippen molar-refractivity contribution in [3.63, 3.8) is 0 Å². The zero-order valence-electron chi connectivity index (χ0n) is 8.23. The summed E-state index contributed by atoms with van der Waals surface area (Å²) < 4.78 is 3.05. The maximum Gasteiger partial charge on any atom is 0.0318 e. The summed E-state index contributed by atoms with van der Waals surface area (Å²) in [6, 6.07) is 6.56. The molecule has 0 saturated carbocycles. The fraction of sp³-hybridized carbons (Fsp3) is 0.455. The zero-order valence-corrected chi connectivity index (χ0v) is 9.82. The Balaban J connectivity index is 3.05. The molecule has 0 unspecified atom stereocenters. The zero-order chi connectivity index (χ0) is 9.68. The summed E-state index contributed by atoms with van der Waals surface area (Å²) in [5.74, 6) is 0. The van der Waals surface area contributed by atoms with Crippen LogP contribution in [0.2, 0.25) is 0 Å². The average molecular weight is 242 g/mol. The van der Waals surface area contributed by atoms with Crippen LogP contribution in [0.4, 0.5) is 0 Å². The second-order valence-electron chi connectivity index (χ2n) is 3.07. The standard InChI is InChI=1S/C11H16BrN/c1-3-9-6-5-7-10(4-2)11(9)8-13-12/h5-7,13H,3-4,8H2,1-2H3. The van der Waals surface area contributed by atoms with Crippen LogP contribution in [-0.4, -0.2) is 0 Å². The Morgan fingerprint density at radius 3 is 2.08 bits per heavy atom. The van der Waals surface area contributed by atoms with Gasteiger partial charge in [-0.15, -0.1) is 0 Å². The van der Waals surface area contributed by atoms with Crippen LogP contribution >= 0.6 is 16.1 Å². The highest BCUT2D eigenvalue weighted by atomic mass is 79.9. The van der Waals surface area contributed by atoms with E-state index in [1.165, 1.54) is 16.7 Å². The molecular weight excluding hydrogens is 226 g/mol. The Morgan fingerprint density at radius 2 is 1.69 bits per heavy atom. The minimum Gasteiger partial charge on any atom is -0.251 e. The summed E-state index contributed by atoms with van der Waals surface area (Å²) in [4.78, 5) is 0. The number of hydrogen-bond acceptors (Lipinski definition) is 1.